The van der Waals surface area contributed by atoms with E-state index >= 15 is 0 Å². The lowest BCUT2D eigenvalue weighted by molar-refractivity contribution is -0.113. The van der Waals surface area contributed by atoms with Crippen LogP contribution in [-0.2, 0) is 9.47 Å². The van der Waals surface area contributed by atoms with Crippen LogP contribution in [0.4, 0.5) is 0 Å². The number of methoxy groups -OCH3 is 3. The molecule has 0 aromatic heterocycles. The van der Waals surface area contributed by atoms with Gasteiger partial charge in [0, 0.05) is 25.3 Å². The van der Waals surface area contributed by atoms with E-state index in [-0.39, 0.29) is 12.5 Å². The number of rotatable bonds is 5. The second-order valence-electron chi connectivity index (χ2n) is 4.34. The number of carbonyl (C=O) groups excluding carboxylic acids is 1. The molecule has 0 aliphatic carbocycles. The average molecular weight is 276 g/mol. The van der Waals surface area contributed by atoms with Crippen molar-refractivity contribution >= 4 is 5.91 Å². The number of benzene rings is 1. The molecule has 0 spiro atoms. The largest absolute Gasteiger partial charge is 0.497 e. The highest BCUT2D eigenvalue weighted by Crippen LogP contribution is 2.35. The molecule has 1 aromatic carbocycles. The zero-order valence-electron chi connectivity index (χ0n) is 11.6. The molecular weight excluding hydrogens is 260 g/mol. The first-order chi connectivity index (χ1) is 9.65. The summed E-state index contributed by atoms with van der Waals surface area (Å²) in [6, 6.07) is 6.59. The zero-order chi connectivity index (χ0) is 14.7. The van der Waals surface area contributed by atoms with Gasteiger partial charge in [-0.15, -0.1) is 0 Å². The van der Waals surface area contributed by atoms with E-state index in [0.717, 1.165) is 0 Å². The maximum Gasteiger partial charge on any atom is 0.255 e. The summed E-state index contributed by atoms with van der Waals surface area (Å²) in [5, 5.41) is 9.36. The second-order valence-corrected chi connectivity index (χ2v) is 4.34. The van der Waals surface area contributed by atoms with E-state index < -0.39 is 12.3 Å². The summed E-state index contributed by atoms with van der Waals surface area (Å²) in [5.41, 5.74) is 1.17. The monoisotopic (exact) mass is 276 g/mol. The van der Waals surface area contributed by atoms with Crippen LogP contribution in [0.3, 0.4) is 0 Å². The minimum atomic E-state index is -0.652. The summed E-state index contributed by atoms with van der Waals surface area (Å²) < 4.78 is 15.3. The average Bonchev–Trinajstić information content (AvgIpc) is 2.75. The first-order valence-electron chi connectivity index (χ1n) is 6.10. The summed E-state index contributed by atoms with van der Waals surface area (Å²) in [6.07, 6.45) is -0.564. The summed E-state index contributed by atoms with van der Waals surface area (Å²) in [5.74, 6) is 0.419. The van der Waals surface area contributed by atoms with Gasteiger partial charge in [0.15, 0.2) is 6.29 Å². The fraction of sp³-hybridized carbons (Fsp3) is 0.429. The lowest BCUT2D eigenvalue weighted by Crippen LogP contribution is -2.36. The van der Waals surface area contributed by atoms with E-state index in [4.69, 9.17) is 14.2 Å². The first-order valence-corrected chi connectivity index (χ1v) is 6.10. The molecule has 0 saturated carbocycles. The Kier molecular flexibility index (Phi) is 4.23. The zero-order valence-corrected chi connectivity index (χ0v) is 11.6. The van der Waals surface area contributed by atoms with Crippen LogP contribution in [-0.4, -0.2) is 45.0 Å². The van der Waals surface area contributed by atoms with Crippen LogP contribution < -0.4 is 4.74 Å². The van der Waals surface area contributed by atoms with Crippen molar-refractivity contribution in [2.24, 2.45) is 0 Å². The third-order valence-corrected chi connectivity index (χ3v) is 3.35. The van der Waals surface area contributed by atoms with Gasteiger partial charge >= 0.3 is 0 Å². The first kappa shape index (κ1) is 14.3. The van der Waals surface area contributed by atoms with Gasteiger partial charge < -0.3 is 19.1 Å². The second kappa shape index (κ2) is 5.90. The molecule has 1 aliphatic heterocycles. The van der Waals surface area contributed by atoms with Gasteiger partial charge in [0.1, 0.15) is 11.8 Å². The van der Waals surface area contributed by atoms with Crippen molar-refractivity contribution in [1.82, 2.24) is 4.90 Å². The normalized spacial score (nSPS) is 17.2. The third-order valence-electron chi connectivity index (χ3n) is 3.35. The predicted octanol–water partition coefficient (Wildman–Crippen LogP) is 1.33. The number of ether oxygens (including phenoxy) is 3. The standard InChI is InChI=1S/C14H16N2O4/c1-18-9-4-5-10-11(6-9)12(7-15)16(14(10)17)8-13(19-2)20-3/h4-6,12-13H,8H2,1-3H3. The van der Waals surface area contributed by atoms with Crippen molar-refractivity contribution in [3.63, 3.8) is 0 Å². The number of hydrogen-bond donors (Lipinski definition) is 0. The number of fused-ring (bicyclic) bond motifs is 1. The van der Waals surface area contributed by atoms with Gasteiger partial charge in [-0.3, -0.25) is 4.79 Å². The van der Waals surface area contributed by atoms with E-state index in [0.29, 0.717) is 16.9 Å². The molecule has 6 nitrogen and oxygen atoms in total. The lowest BCUT2D eigenvalue weighted by atomic mass is 10.1. The molecular formula is C14H16N2O4. The number of nitrogens with zero attached hydrogens (tertiary/aromatic N) is 2. The topological polar surface area (TPSA) is 71.8 Å². The molecule has 1 unspecified atom stereocenters. The smallest absolute Gasteiger partial charge is 0.255 e. The Morgan fingerprint density at radius 3 is 2.60 bits per heavy atom. The fourth-order valence-electron chi connectivity index (χ4n) is 2.26. The van der Waals surface area contributed by atoms with Gasteiger partial charge in [-0.05, 0) is 18.2 Å². The molecule has 1 aromatic rings. The van der Waals surface area contributed by atoms with Crippen LogP contribution in [0.2, 0.25) is 0 Å². The Morgan fingerprint density at radius 2 is 2.05 bits per heavy atom. The molecule has 0 saturated heterocycles. The molecule has 1 heterocycles. The number of hydrogen-bond acceptors (Lipinski definition) is 5. The van der Waals surface area contributed by atoms with Gasteiger partial charge in [0.05, 0.1) is 19.7 Å². The van der Waals surface area contributed by atoms with Crippen LogP contribution >= 0.6 is 0 Å². The molecule has 6 heteroatoms. The maximum absolute atomic E-state index is 12.4. The van der Waals surface area contributed by atoms with E-state index in [2.05, 4.69) is 6.07 Å². The SMILES string of the molecule is COc1ccc2c(c1)C(C#N)N(CC(OC)OC)C2=O. The van der Waals surface area contributed by atoms with E-state index in [1.165, 1.54) is 19.1 Å². The van der Waals surface area contributed by atoms with E-state index in [1.54, 1.807) is 25.3 Å². The van der Waals surface area contributed by atoms with Crippen molar-refractivity contribution in [2.45, 2.75) is 12.3 Å². The predicted molar refractivity (Wildman–Crippen MR) is 70.2 cm³/mol. The Bertz CT molecular complexity index is 549. The molecule has 0 bridgehead atoms. The molecule has 0 N–H and O–H groups in total. The Hall–Kier alpha value is -2.10. The maximum atomic E-state index is 12.4. The number of nitriles is 1. The molecule has 1 amide bonds. The molecule has 20 heavy (non-hydrogen) atoms. The highest BCUT2D eigenvalue weighted by atomic mass is 16.7. The fourth-order valence-corrected chi connectivity index (χ4v) is 2.26. The molecule has 0 fully saturated rings. The quantitative estimate of drug-likeness (QED) is 0.759. The molecule has 106 valence electrons. The van der Waals surface area contributed by atoms with E-state index in [9.17, 15) is 10.1 Å². The molecule has 0 radical (unpaired) electrons. The van der Waals surface area contributed by atoms with Crippen LogP contribution in [0.1, 0.15) is 22.0 Å². The van der Waals surface area contributed by atoms with E-state index in [1.807, 2.05) is 0 Å². The molecule has 1 atom stereocenters. The van der Waals surface area contributed by atoms with Crippen molar-refractivity contribution in [3.8, 4) is 11.8 Å². The summed E-state index contributed by atoms with van der Waals surface area (Å²) >= 11 is 0. The minimum absolute atomic E-state index is 0.195. The van der Waals surface area contributed by atoms with Crippen LogP contribution in [0.25, 0.3) is 0 Å². The summed E-state index contributed by atoms with van der Waals surface area (Å²) in [6.45, 7) is 0.195. The van der Waals surface area contributed by atoms with Gasteiger partial charge in [-0.2, -0.15) is 5.26 Å². The Balaban J connectivity index is 2.34. The van der Waals surface area contributed by atoms with Gasteiger partial charge in [-0.25, -0.2) is 0 Å². The Labute approximate surface area is 117 Å². The van der Waals surface area contributed by atoms with Crippen molar-refractivity contribution in [2.75, 3.05) is 27.9 Å². The third kappa shape index (κ3) is 2.33. The lowest BCUT2D eigenvalue weighted by Gasteiger charge is -2.24. The summed E-state index contributed by atoms with van der Waals surface area (Å²) in [4.78, 5) is 13.8. The van der Waals surface area contributed by atoms with Crippen molar-refractivity contribution < 1.29 is 19.0 Å². The Morgan fingerprint density at radius 1 is 1.35 bits per heavy atom. The number of amides is 1. The highest BCUT2D eigenvalue weighted by Gasteiger charge is 2.38. The number of carbonyl (C=O) groups is 1. The minimum Gasteiger partial charge on any atom is -0.497 e. The molecule has 1 aliphatic rings. The van der Waals surface area contributed by atoms with Crippen LogP contribution in [0, 0.1) is 11.3 Å². The van der Waals surface area contributed by atoms with Gasteiger partial charge in [0.2, 0.25) is 0 Å². The van der Waals surface area contributed by atoms with Crippen molar-refractivity contribution in [1.29, 1.82) is 5.26 Å². The van der Waals surface area contributed by atoms with Gasteiger partial charge in [0.25, 0.3) is 5.91 Å². The summed E-state index contributed by atoms with van der Waals surface area (Å²) in [7, 11) is 4.53. The van der Waals surface area contributed by atoms with Crippen molar-refractivity contribution in [3.05, 3.63) is 29.3 Å². The van der Waals surface area contributed by atoms with Crippen LogP contribution in [0.5, 0.6) is 5.75 Å². The molecule has 2 rings (SSSR count). The highest BCUT2D eigenvalue weighted by molar-refractivity contribution is 5.99. The van der Waals surface area contributed by atoms with Gasteiger partial charge in [-0.1, -0.05) is 0 Å². The van der Waals surface area contributed by atoms with Crippen LogP contribution in [0.15, 0.2) is 18.2 Å².